The van der Waals surface area contributed by atoms with E-state index in [-0.39, 0.29) is 30.9 Å². The van der Waals surface area contributed by atoms with E-state index in [1.807, 2.05) is 0 Å². The molecule has 1 saturated heterocycles. The zero-order chi connectivity index (χ0) is 23.8. The molecule has 2 heterocycles. The zero-order valence-corrected chi connectivity index (χ0v) is 23.6. The molecule has 0 radical (unpaired) electrons. The average Bonchev–Trinajstić information content (AvgIpc) is 2.88. The third kappa shape index (κ3) is 8.47. The third-order valence-electron chi connectivity index (χ3n) is 7.28. The predicted octanol–water partition coefficient (Wildman–Crippen LogP) is 6.39. The number of hydrogen-bond donors (Lipinski definition) is 0. The quantitative estimate of drug-likeness (QED) is 0.348. The summed E-state index contributed by atoms with van der Waals surface area (Å²) in [6.07, 6.45) is 11.0. The Hall–Kier alpha value is -1.60. The van der Waals surface area contributed by atoms with Crippen molar-refractivity contribution >= 4 is 24.8 Å². The Morgan fingerprint density at radius 3 is 2.44 bits per heavy atom. The van der Waals surface area contributed by atoms with E-state index in [4.69, 9.17) is 14.2 Å². The first kappa shape index (κ1) is 30.6. The van der Waals surface area contributed by atoms with Crippen LogP contribution in [0, 0.1) is 5.92 Å². The van der Waals surface area contributed by atoms with Crippen molar-refractivity contribution in [2.75, 3.05) is 33.9 Å². The maximum atomic E-state index is 6.23. The van der Waals surface area contributed by atoms with Gasteiger partial charge in [0, 0.05) is 31.2 Å². The van der Waals surface area contributed by atoms with E-state index < -0.39 is 0 Å². The van der Waals surface area contributed by atoms with E-state index in [2.05, 4.69) is 59.4 Å². The number of rotatable bonds is 10. The molecule has 202 valence electrons. The van der Waals surface area contributed by atoms with Crippen molar-refractivity contribution in [2.45, 2.75) is 76.9 Å². The molecule has 1 saturated carbocycles. The number of ether oxygens (including phenoxy) is 3. The molecule has 4 rings (SSSR count). The lowest BCUT2D eigenvalue weighted by molar-refractivity contribution is -0.0197. The van der Waals surface area contributed by atoms with Gasteiger partial charge in [-0.25, -0.2) is 0 Å². The van der Waals surface area contributed by atoms with Crippen molar-refractivity contribution in [1.29, 1.82) is 0 Å². The Morgan fingerprint density at radius 1 is 1.00 bits per heavy atom. The van der Waals surface area contributed by atoms with Crippen LogP contribution in [0.1, 0.15) is 64.0 Å². The van der Waals surface area contributed by atoms with Crippen LogP contribution >= 0.6 is 24.8 Å². The molecule has 2 atom stereocenters. The van der Waals surface area contributed by atoms with Gasteiger partial charge in [0.05, 0.1) is 24.5 Å². The summed E-state index contributed by atoms with van der Waals surface area (Å²) < 4.78 is 18.1. The van der Waals surface area contributed by atoms with Crippen LogP contribution < -0.4 is 9.47 Å². The molecule has 0 spiro atoms. The number of likely N-dealkylation sites (N-methyl/N-ethyl adjacent to an activating group) is 1. The summed E-state index contributed by atoms with van der Waals surface area (Å²) in [7, 11) is 3.93. The van der Waals surface area contributed by atoms with Crippen LogP contribution in [-0.4, -0.2) is 61.2 Å². The van der Waals surface area contributed by atoms with Crippen molar-refractivity contribution in [3.05, 3.63) is 36.0 Å². The van der Waals surface area contributed by atoms with Gasteiger partial charge in [0.1, 0.15) is 5.75 Å². The van der Waals surface area contributed by atoms with Crippen molar-refractivity contribution in [1.82, 2.24) is 15.1 Å². The van der Waals surface area contributed by atoms with Crippen molar-refractivity contribution in [3.8, 4) is 22.8 Å². The summed E-state index contributed by atoms with van der Waals surface area (Å²) in [5.41, 5.74) is 3.27. The summed E-state index contributed by atoms with van der Waals surface area (Å²) in [6.45, 7) is 4.81. The van der Waals surface area contributed by atoms with Crippen LogP contribution in [0.4, 0.5) is 0 Å². The molecular formula is C28H43Cl2N3O3. The Kier molecular flexibility index (Phi) is 13.3. The molecule has 1 aliphatic carbocycles. The number of methoxy groups -OCH3 is 1. The Bertz CT molecular complexity index is 894. The lowest BCUT2D eigenvalue weighted by Gasteiger charge is -2.35. The molecule has 0 unspecified atom stereocenters. The molecular weight excluding hydrogens is 497 g/mol. The van der Waals surface area contributed by atoms with Crippen LogP contribution in [0.3, 0.4) is 0 Å². The minimum absolute atomic E-state index is 0. The molecule has 2 fully saturated rings. The van der Waals surface area contributed by atoms with Crippen LogP contribution in [0.15, 0.2) is 30.3 Å². The van der Waals surface area contributed by atoms with Gasteiger partial charge in [0.15, 0.2) is 0 Å². The summed E-state index contributed by atoms with van der Waals surface area (Å²) in [4.78, 5) is 2.31. The van der Waals surface area contributed by atoms with Crippen molar-refractivity contribution in [3.63, 3.8) is 0 Å². The number of likely N-dealkylation sites (tertiary alicyclic amines) is 1. The van der Waals surface area contributed by atoms with E-state index in [9.17, 15) is 0 Å². The molecule has 0 bridgehead atoms. The molecule has 1 aromatic carbocycles. The normalized spacial score (nSPS) is 20.8. The lowest BCUT2D eigenvalue weighted by Crippen LogP contribution is -2.44. The van der Waals surface area contributed by atoms with E-state index in [0.29, 0.717) is 24.5 Å². The highest BCUT2D eigenvalue weighted by molar-refractivity contribution is 5.85. The second-order valence-corrected chi connectivity index (χ2v) is 9.94. The van der Waals surface area contributed by atoms with E-state index in [0.717, 1.165) is 61.3 Å². The Morgan fingerprint density at radius 2 is 1.75 bits per heavy atom. The SMILES string of the molecule is CCCCc1nnc(OC[C@@H]2CCN(C)C[C@@H]2OC)cc1-c1ccc(OC2CCCCC2)cc1.Cl.Cl. The minimum atomic E-state index is 0. The zero-order valence-electron chi connectivity index (χ0n) is 22.0. The first-order chi connectivity index (χ1) is 16.7. The Labute approximate surface area is 229 Å². The second kappa shape index (κ2) is 15.6. The minimum Gasteiger partial charge on any atom is -0.490 e. The number of nitrogens with zero attached hydrogens (tertiary/aromatic N) is 3. The monoisotopic (exact) mass is 539 g/mol. The highest BCUT2D eigenvalue weighted by Gasteiger charge is 2.28. The van der Waals surface area contributed by atoms with Gasteiger partial charge in [0.2, 0.25) is 5.88 Å². The summed E-state index contributed by atoms with van der Waals surface area (Å²) in [6, 6.07) is 10.5. The van der Waals surface area contributed by atoms with Crippen LogP contribution in [0.2, 0.25) is 0 Å². The Balaban J connectivity index is 0.00000228. The number of piperidine rings is 1. The first-order valence-corrected chi connectivity index (χ1v) is 13.1. The summed E-state index contributed by atoms with van der Waals surface area (Å²) in [5, 5.41) is 8.99. The topological polar surface area (TPSA) is 56.7 Å². The predicted molar refractivity (Wildman–Crippen MR) is 150 cm³/mol. The summed E-state index contributed by atoms with van der Waals surface area (Å²) in [5.74, 6) is 1.91. The molecule has 6 nitrogen and oxygen atoms in total. The van der Waals surface area contributed by atoms with Crippen molar-refractivity contribution in [2.24, 2.45) is 5.92 Å². The van der Waals surface area contributed by atoms with Gasteiger partial charge in [-0.05, 0) is 76.2 Å². The molecule has 0 amide bonds. The van der Waals surface area contributed by atoms with Gasteiger partial charge in [0.25, 0.3) is 0 Å². The maximum Gasteiger partial charge on any atom is 0.234 e. The fraction of sp³-hybridized carbons (Fsp3) is 0.643. The van der Waals surface area contributed by atoms with Crippen LogP contribution in [-0.2, 0) is 11.2 Å². The first-order valence-electron chi connectivity index (χ1n) is 13.1. The molecule has 0 N–H and O–H groups in total. The molecule has 8 heteroatoms. The third-order valence-corrected chi connectivity index (χ3v) is 7.28. The maximum absolute atomic E-state index is 6.23. The molecule has 2 aromatic rings. The highest BCUT2D eigenvalue weighted by atomic mass is 35.5. The number of halogens is 2. The number of aryl methyl sites for hydroxylation is 1. The second-order valence-electron chi connectivity index (χ2n) is 9.94. The number of benzene rings is 1. The fourth-order valence-electron chi connectivity index (χ4n) is 5.11. The van der Waals surface area contributed by atoms with E-state index in [1.165, 1.54) is 32.1 Å². The van der Waals surface area contributed by atoms with Crippen molar-refractivity contribution < 1.29 is 14.2 Å². The molecule has 1 aliphatic heterocycles. The van der Waals surface area contributed by atoms with Gasteiger partial charge in [-0.1, -0.05) is 31.9 Å². The highest BCUT2D eigenvalue weighted by Crippen LogP contribution is 2.30. The van der Waals surface area contributed by atoms with E-state index in [1.54, 1.807) is 7.11 Å². The number of aromatic nitrogens is 2. The average molecular weight is 541 g/mol. The molecule has 36 heavy (non-hydrogen) atoms. The standard InChI is InChI=1S/C28H41N3O3.2ClH/c1-4-5-11-26-25(21-12-14-24(15-13-21)34-23-9-7-6-8-10-23)18-28(30-29-26)33-20-22-16-17-31(2)19-27(22)32-3;;/h12-15,18,22-23,27H,4-11,16-17,19-20H2,1-3H3;2*1H/t22-,27-;;/m0../s1. The lowest BCUT2D eigenvalue weighted by atomic mass is 9.95. The smallest absolute Gasteiger partial charge is 0.234 e. The summed E-state index contributed by atoms with van der Waals surface area (Å²) >= 11 is 0. The van der Waals surface area contributed by atoms with Gasteiger partial charge in [-0.15, -0.1) is 29.9 Å². The number of unbranched alkanes of at least 4 members (excludes halogenated alkanes) is 1. The molecule has 1 aromatic heterocycles. The number of hydrogen-bond acceptors (Lipinski definition) is 6. The van der Waals surface area contributed by atoms with Crippen LogP contribution in [0.25, 0.3) is 11.1 Å². The van der Waals surface area contributed by atoms with Crippen LogP contribution in [0.5, 0.6) is 11.6 Å². The van der Waals surface area contributed by atoms with Gasteiger partial charge in [-0.3, -0.25) is 0 Å². The van der Waals surface area contributed by atoms with Gasteiger partial charge >= 0.3 is 0 Å². The molecule has 2 aliphatic rings. The van der Waals surface area contributed by atoms with Gasteiger partial charge in [-0.2, -0.15) is 5.10 Å². The fourth-order valence-corrected chi connectivity index (χ4v) is 5.11. The van der Waals surface area contributed by atoms with E-state index >= 15 is 0 Å². The van der Waals surface area contributed by atoms with Gasteiger partial charge < -0.3 is 19.1 Å². The largest absolute Gasteiger partial charge is 0.490 e.